The van der Waals surface area contributed by atoms with Gasteiger partial charge in [-0.05, 0) is 55.7 Å². The molecule has 0 atom stereocenters. The van der Waals surface area contributed by atoms with Crippen molar-refractivity contribution < 1.29 is 9.47 Å². The molecular formula is C24H36N2O2. The minimum atomic E-state index is 0.116. The summed E-state index contributed by atoms with van der Waals surface area (Å²) in [6.07, 6.45) is 1.67. The average molecular weight is 385 g/mol. The van der Waals surface area contributed by atoms with Crippen LogP contribution in [0.25, 0.3) is 11.3 Å². The first-order valence-electron chi connectivity index (χ1n) is 10.4. The molecule has 0 aliphatic heterocycles. The van der Waals surface area contributed by atoms with Crippen molar-refractivity contribution in [3.63, 3.8) is 0 Å². The van der Waals surface area contributed by atoms with E-state index < -0.39 is 0 Å². The number of ether oxygens (including phenoxy) is 2. The molecule has 2 rings (SSSR count). The van der Waals surface area contributed by atoms with E-state index in [1.165, 1.54) is 5.56 Å². The third-order valence-corrected chi connectivity index (χ3v) is 5.14. The summed E-state index contributed by atoms with van der Waals surface area (Å²) in [6.45, 7) is 17.2. The molecule has 0 saturated carbocycles. The van der Waals surface area contributed by atoms with Gasteiger partial charge in [0.15, 0.2) is 0 Å². The van der Waals surface area contributed by atoms with Crippen LogP contribution in [0.3, 0.4) is 0 Å². The molecule has 0 fully saturated rings. The number of benzene rings is 1. The van der Waals surface area contributed by atoms with Crippen LogP contribution >= 0.6 is 0 Å². The molecule has 4 heteroatoms. The molecular weight excluding hydrogens is 348 g/mol. The normalized spacial score (nSPS) is 11.6. The first-order chi connectivity index (χ1) is 13.2. The Bertz CT molecular complexity index is 805. The van der Waals surface area contributed by atoms with Gasteiger partial charge in [-0.1, -0.05) is 47.6 Å². The Kier molecular flexibility index (Phi) is 7.45. The lowest BCUT2D eigenvalue weighted by Crippen LogP contribution is -2.30. The number of nitrogens with zero attached hydrogens (tertiary/aromatic N) is 2. The molecule has 0 aliphatic rings. The maximum Gasteiger partial charge on any atom is 0.236 e. The van der Waals surface area contributed by atoms with Crippen LogP contribution in [-0.2, 0) is 12.8 Å². The van der Waals surface area contributed by atoms with E-state index in [1.807, 2.05) is 0 Å². The molecule has 1 aromatic carbocycles. The predicted octanol–water partition coefficient (Wildman–Crippen LogP) is 5.95. The van der Waals surface area contributed by atoms with Crippen molar-refractivity contribution in [3.8, 4) is 22.9 Å². The highest BCUT2D eigenvalue weighted by Crippen LogP contribution is 2.36. The number of rotatable bonds is 8. The highest BCUT2D eigenvalue weighted by Gasteiger charge is 2.24. The molecule has 1 heterocycles. The topological polar surface area (TPSA) is 44.2 Å². The molecule has 0 unspecified atom stereocenters. The summed E-state index contributed by atoms with van der Waals surface area (Å²) in [6, 6.07) is 4.23. The molecule has 0 amide bonds. The van der Waals surface area contributed by atoms with Crippen LogP contribution in [0.2, 0.25) is 0 Å². The molecule has 1 aromatic heterocycles. The van der Waals surface area contributed by atoms with Crippen LogP contribution in [0.1, 0.15) is 64.1 Å². The molecule has 0 saturated heterocycles. The van der Waals surface area contributed by atoms with E-state index in [0.29, 0.717) is 17.7 Å². The summed E-state index contributed by atoms with van der Waals surface area (Å²) in [5, 5.41) is 0. The SMILES string of the molecule is CCc1nc(-c2c(C)cc(C)cc2OC)c(CC)nc1OC(C(C)C)C(C)C. The van der Waals surface area contributed by atoms with Crippen molar-refractivity contribution in [1.82, 2.24) is 9.97 Å². The van der Waals surface area contributed by atoms with E-state index in [1.54, 1.807) is 7.11 Å². The van der Waals surface area contributed by atoms with Crippen LogP contribution < -0.4 is 9.47 Å². The van der Waals surface area contributed by atoms with Crippen molar-refractivity contribution in [2.24, 2.45) is 11.8 Å². The lowest BCUT2D eigenvalue weighted by molar-refractivity contribution is 0.0976. The summed E-state index contributed by atoms with van der Waals surface area (Å²) in [5.41, 5.74) is 6.12. The van der Waals surface area contributed by atoms with Crippen LogP contribution in [0, 0.1) is 25.7 Å². The van der Waals surface area contributed by atoms with Crippen LogP contribution in [0.15, 0.2) is 12.1 Å². The van der Waals surface area contributed by atoms with Gasteiger partial charge in [0, 0.05) is 5.56 Å². The van der Waals surface area contributed by atoms with Gasteiger partial charge < -0.3 is 9.47 Å². The fourth-order valence-corrected chi connectivity index (χ4v) is 3.82. The highest BCUT2D eigenvalue weighted by atomic mass is 16.5. The van der Waals surface area contributed by atoms with Gasteiger partial charge >= 0.3 is 0 Å². The van der Waals surface area contributed by atoms with Gasteiger partial charge in [-0.2, -0.15) is 0 Å². The number of hydrogen-bond donors (Lipinski definition) is 0. The third-order valence-electron chi connectivity index (χ3n) is 5.14. The van der Waals surface area contributed by atoms with Gasteiger partial charge in [-0.25, -0.2) is 9.97 Å². The van der Waals surface area contributed by atoms with Crippen molar-refractivity contribution in [2.75, 3.05) is 7.11 Å². The zero-order chi connectivity index (χ0) is 21.0. The first-order valence-corrected chi connectivity index (χ1v) is 10.4. The van der Waals surface area contributed by atoms with Crippen molar-refractivity contribution in [1.29, 1.82) is 0 Å². The Morgan fingerprint density at radius 2 is 1.50 bits per heavy atom. The zero-order valence-corrected chi connectivity index (χ0v) is 19.0. The molecule has 28 heavy (non-hydrogen) atoms. The molecule has 0 radical (unpaired) electrons. The molecule has 0 aliphatic carbocycles. The predicted molar refractivity (Wildman–Crippen MR) is 116 cm³/mol. The molecule has 154 valence electrons. The molecule has 0 spiro atoms. The Morgan fingerprint density at radius 1 is 0.893 bits per heavy atom. The van der Waals surface area contributed by atoms with Gasteiger partial charge in [-0.15, -0.1) is 0 Å². The standard InChI is InChI=1S/C24H36N2O2/c1-10-18-22(21-17(8)12-16(7)13-20(21)27-9)25-19(11-2)24(26-18)28-23(14(3)4)15(5)6/h12-15,23H,10-11H2,1-9H3. The monoisotopic (exact) mass is 384 g/mol. The largest absolute Gasteiger partial charge is 0.496 e. The smallest absolute Gasteiger partial charge is 0.236 e. The van der Waals surface area contributed by atoms with Crippen LogP contribution in [-0.4, -0.2) is 23.2 Å². The zero-order valence-electron chi connectivity index (χ0n) is 19.0. The Hall–Kier alpha value is -2.10. The second kappa shape index (κ2) is 9.40. The fraction of sp³-hybridized carbons (Fsp3) is 0.583. The van der Waals surface area contributed by atoms with E-state index in [0.717, 1.165) is 46.8 Å². The second-order valence-corrected chi connectivity index (χ2v) is 8.21. The highest BCUT2D eigenvalue weighted by molar-refractivity contribution is 5.73. The van der Waals surface area contributed by atoms with Gasteiger partial charge in [-0.3, -0.25) is 0 Å². The summed E-state index contributed by atoms with van der Waals surface area (Å²) in [4.78, 5) is 9.98. The quantitative estimate of drug-likeness (QED) is 0.564. The summed E-state index contributed by atoms with van der Waals surface area (Å²) in [5.74, 6) is 2.35. The Labute approximate surface area is 170 Å². The fourth-order valence-electron chi connectivity index (χ4n) is 3.82. The minimum Gasteiger partial charge on any atom is -0.496 e. The van der Waals surface area contributed by atoms with Crippen LogP contribution in [0.5, 0.6) is 11.6 Å². The Balaban J connectivity index is 2.64. The van der Waals surface area contributed by atoms with Gasteiger partial charge in [0.05, 0.1) is 18.5 Å². The number of hydrogen-bond acceptors (Lipinski definition) is 4. The van der Waals surface area contributed by atoms with Crippen molar-refractivity contribution >= 4 is 0 Å². The van der Waals surface area contributed by atoms with Crippen LogP contribution in [0.4, 0.5) is 0 Å². The number of aromatic nitrogens is 2. The van der Waals surface area contributed by atoms with Gasteiger partial charge in [0.2, 0.25) is 5.88 Å². The second-order valence-electron chi connectivity index (χ2n) is 8.21. The summed E-state index contributed by atoms with van der Waals surface area (Å²) < 4.78 is 12.1. The maximum absolute atomic E-state index is 6.39. The lowest BCUT2D eigenvalue weighted by atomic mass is 9.96. The first kappa shape index (κ1) is 22.2. The summed E-state index contributed by atoms with van der Waals surface area (Å²) >= 11 is 0. The molecule has 0 N–H and O–H groups in total. The van der Waals surface area contributed by atoms with Gasteiger partial charge in [0.1, 0.15) is 17.5 Å². The van der Waals surface area contributed by atoms with E-state index in [4.69, 9.17) is 19.4 Å². The maximum atomic E-state index is 6.39. The number of methoxy groups -OCH3 is 1. The lowest BCUT2D eigenvalue weighted by Gasteiger charge is -2.27. The average Bonchev–Trinajstić information content (AvgIpc) is 2.64. The van der Waals surface area contributed by atoms with Crippen molar-refractivity contribution in [2.45, 2.75) is 74.3 Å². The summed E-state index contributed by atoms with van der Waals surface area (Å²) in [7, 11) is 1.71. The van der Waals surface area contributed by atoms with Crippen molar-refractivity contribution in [3.05, 3.63) is 34.6 Å². The van der Waals surface area contributed by atoms with Gasteiger partial charge in [0.25, 0.3) is 0 Å². The Morgan fingerprint density at radius 3 is 2.00 bits per heavy atom. The minimum absolute atomic E-state index is 0.116. The van der Waals surface area contributed by atoms with E-state index in [9.17, 15) is 0 Å². The third kappa shape index (κ3) is 4.65. The molecule has 4 nitrogen and oxygen atoms in total. The van der Waals surface area contributed by atoms with E-state index >= 15 is 0 Å². The molecule has 0 bridgehead atoms. The van der Waals surface area contributed by atoms with E-state index in [-0.39, 0.29) is 6.10 Å². The number of aryl methyl sites for hydroxylation is 4. The molecule has 2 aromatic rings. The van der Waals surface area contributed by atoms with E-state index in [2.05, 4.69) is 67.5 Å².